The van der Waals surface area contributed by atoms with Crippen molar-refractivity contribution in [2.24, 2.45) is 0 Å². The van der Waals surface area contributed by atoms with Crippen molar-refractivity contribution < 1.29 is 0 Å². The van der Waals surface area contributed by atoms with E-state index in [9.17, 15) is 0 Å². The van der Waals surface area contributed by atoms with Crippen LogP contribution in [0, 0.1) is 0 Å². The lowest BCUT2D eigenvalue weighted by Crippen LogP contribution is -2.75. The fourth-order valence-corrected chi connectivity index (χ4v) is 16.4. The molecule has 0 aliphatic rings. The molecule has 7 heteroatoms. The summed E-state index contributed by atoms with van der Waals surface area (Å²) in [5, 5.41) is 11.8. The van der Waals surface area contributed by atoms with Crippen LogP contribution >= 0.6 is 0 Å². The van der Waals surface area contributed by atoms with Crippen molar-refractivity contribution >= 4 is 94.2 Å². The minimum Gasteiger partial charge on any atom is -0.309 e. The first-order chi connectivity index (χ1) is 34.8. The molecule has 0 atom stereocenters. The Morgan fingerprint density at radius 2 is 0.600 bits per heavy atom. The first-order valence-corrected chi connectivity index (χ1v) is 25.8. The smallest absolute Gasteiger partial charge is 0.240 e. The van der Waals surface area contributed by atoms with Gasteiger partial charge in [-0.2, -0.15) is 15.0 Å². The van der Waals surface area contributed by atoms with Crippen molar-refractivity contribution in [1.29, 1.82) is 0 Å². The molecule has 0 amide bonds. The van der Waals surface area contributed by atoms with Crippen LogP contribution in [0.4, 0.5) is 0 Å². The SMILES string of the molecule is c1ccc(-n2c3ccccc3c3ccc([Si](c4ccccc4)(c4ccccc4)c4ccccc4)c(-c4nc(-n5c6ccccc6c6ccccc65)nc(-n5c6ccccc6c6ccccc65)n4)c32)cc1. The van der Waals surface area contributed by atoms with Crippen LogP contribution in [0.5, 0.6) is 0 Å². The molecule has 4 aromatic heterocycles. The molecule has 0 spiro atoms. The Morgan fingerprint density at radius 1 is 0.271 bits per heavy atom. The Kier molecular flexibility index (Phi) is 9.12. The highest BCUT2D eigenvalue weighted by atomic mass is 28.3. The molecular formula is C63H42N6Si. The number of benzene rings is 10. The molecule has 14 aromatic rings. The second kappa shape index (κ2) is 16.0. The highest BCUT2D eigenvalue weighted by Crippen LogP contribution is 2.40. The first kappa shape index (κ1) is 39.9. The summed E-state index contributed by atoms with van der Waals surface area (Å²) in [6.07, 6.45) is 0. The normalized spacial score (nSPS) is 12.0. The van der Waals surface area contributed by atoms with E-state index in [4.69, 9.17) is 15.0 Å². The van der Waals surface area contributed by atoms with Gasteiger partial charge in [0.2, 0.25) is 11.9 Å². The average Bonchev–Trinajstić information content (AvgIpc) is 4.08. The van der Waals surface area contributed by atoms with Crippen molar-refractivity contribution in [3.05, 3.63) is 255 Å². The van der Waals surface area contributed by atoms with Gasteiger partial charge in [0.05, 0.1) is 33.1 Å². The summed E-state index contributed by atoms with van der Waals surface area (Å²) >= 11 is 0. The van der Waals surface area contributed by atoms with E-state index in [0.717, 1.165) is 76.7 Å². The second-order valence-electron chi connectivity index (χ2n) is 17.9. The molecule has 0 saturated heterocycles. The highest BCUT2D eigenvalue weighted by molar-refractivity contribution is 7.20. The quantitative estimate of drug-likeness (QED) is 0.113. The van der Waals surface area contributed by atoms with Gasteiger partial charge in [-0.05, 0) is 63.2 Å². The van der Waals surface area contributed by atoms with Gasteiger partial charge in [-0.25, -0.2) is 0 Å². The van der Waals surface area contributed by atoms with E-state index in [1.807, 2.05) is 0 Å². The molecule has 0 aliphatic carbocycles. The Hall–Kier alpha value is -9.17. The van der Waals surface area contributed by atoms with Crippen molar-refractivity contribution in [2.75, 3.05) is 0 Å². The van der Waals surface area contributed by atoms with Crippen LogP contribution in [0.3, 0.4) is 0 Å². The molecular weight excluding hydrogens is 869 g/mol. The lowest BCUT2D eigenvalue weighted by molar-refractivity contribution is 0.893. The number of fused-ring (bicyclic) bond motifs is 9. The largest absolute Gasteiger partial charge is 0.309 e. The number of aromatic nitrogens is 6. The Bertz CT molecular complexity index is 3960. The van der Waals surface area contributed by atoms with Gasteiger partial charge < -0.3 is 4.57 Å². The lowest BCUT2D eigenvalue weighted by atomic mass is 10.1. The van der Waals surface area contributed by atoms with Crippen LogP contribution < -0.4 is 20.7 Å². The Labute approximate surface area is 404 Å². The van der Waals surface area contributed by atoms with Crippen LogP contribution in [0.1, 0.15) is 0 Å². The van der Waals surface area contributed by atoms with Crippen molar-refractivity contribution in [2.45, 2.75) is 0 Å². The van der Waals surface area contributed by atoms with Crippen LogP contribution in [-0.4, -0.2) is 36.7 Å². The van der Waals surface area contributed by atoms with E-state index >= 15 is 0 Å². The monoisotopic (exact) mass is 910 g/mol. The van der Waals surface area contributed by atoms with E-state index in [2.05, 4.69) is 268 Å². The molecule has 6 nitrogen and oxygen atoms in total. The van der Waals surface area contributed by atoms with Crippen molar-refractivity contribution in [1.82, 2.24) is 28.7 Å². The van der Waals surface area contributed by atoms with Gasteiger partial charge in [0.1, 0.15) is 0 Å². The molecule has 0 aliphatic heterocycles. The molecule has 328 valence electrons. The topological polar surface area (TPSA) is 53.5 Å². The van der Waals surface area contributed by atoms with Crippen LogP contribution in [-0.2, 0) is 0 Å². The average molecular weight is 911 g/mol. The van der Waals surface area contributed by atoms with Crippen LogP contribution in [0.15, 0.2) is 255 Å². The third-order valence-corrected chi connectivity index (χ3v) is 19.1. The lowest BCUT2D eigenvalue weighted by Gasteiger charge is -2.36. The van der Waals surface area contributed by atoms with Crippen molar-refractivity contribution in [3.63, 3.8) is 0 Å². The molecule has 10 aromatic carbocycles. The number of rotatable bonds is 8. The summed E-state index contributed by atoms with van der Waals surface area (Å²) in [7, 11) is -3.29. The van der Waals surface area contributed by atoms with Gasteiger partial charge in [0.15, 0.2) is 13.9 Å². The summed E-state index contributed by atoms with van der Waals surface area (Å²) in [6, 6.07) is 92.1. The fourth-order valence-electron chi connectivity index (χ4n) is 11.4. The molecule has 0 saturated carbocycles. The summed E-state index contributed by atoms with van der Waals surface area (Å²) in [5.74, 6) is 1.66. The maximum atomic E-state index is 5.86. The second-order valence-corrected chi connectivity index (χ2v) is 21.7. The van der Waals surface area contributed by atoms with E-state index in [1.165, 1.54) is 20.7 Å². The van der Waals surface area contributed by atoms with E-state index < -0.39 is 8.07 Å². The Balaban J connectivity index is 1.23. The summed E-state index contributed by atoms with van der Waals surface area (Å²) in [5.41, 5.74) is 8.25. The number of para-hydroxylation sites is 6. The van der Waals surface area contributed by atoms with Gasteiger partial charge >= 0.3 is 0 Å². The van der Waals surface area contributed by atoms with Gasteiger partial charge in [0.25, 0.3) is 0 Å². The first-order valence-electron chi connectivity index (χ1n) is 23.8. The number of hydrogen-bond acceptors (Lipinski definition) is 3. The number of nitrogens with zero attached hydrogens (tertiary/aromatic N) is 6. The van der Waals surface area contributed by atoms with E-state index in [0.29, 0.717) is 17.7 Å². The molecule has 0 N–H and O–H groups in total. The maximum Gasteiger partial charge on any atom is 0.240 e. The fraction of sp³-hybridized carbons (Fsp3) is 0. The molecule has 0 unspecified atom stereocenters. The van der Waals surface area contributed by atoms with Gasteiger partial charge in [-0.1, -0.05) is 212 Å². The zero-order valence-corrected chi connectivity index (χ0v) is 38.9. The van der Waals surface area contributed by atoms with Gasteiger partial charge in [-0.3, -0.25) is 9.13 Å². The maximum absolute atomic E-state index is 5.86. The molecule has 0 radical (unpaired) electrons. The minimum atomic E-state index is -3.29. The third kappa shape index (κ3) is 5.89. The molecule has 70 heavy (non-hydrogen) atoms. The summed E-state index contributed by atoms with van der Waals surface area (Å²) in [6.45, 7) is 0. The van der Waals surface area contributed by atoms with Crippen LogP contribution in [0.2, 0.25) is 0 Å². The summed E-state index contributed by atoms with van der Waals surface area (Å²) < 4.78 is 6.90. The predicted octanol–water partition coefficient (Wildman–Crippen LogP) is 12.2. The predicted molar refractivity (Wildman–Crippen MR) is 292 cm³/mol. The highest BCUT2D eigenvalue weighted by Gasteiger charge is 2.44. The van der Waals surface area contributed by atoms with E-state index in [1.54, 1.807) is 0 Å². The Morgan fingerprint density at radius 3 is 1.00 bits per heavy atom. The van der Waals surface area contributed by atoms with Crippen molar-refractivity contribution in [3.8, 4) is 29.0 Å². The zero-order chi connectivity index (χ0) is 46.2. The van der Waals surface area contributed by atoms with E-state index in [-0.39, 0.29) is 0 Å². The van der Waals surface area contributed by atoms with Gasteiger partial charge in [-0.15, -0.1) is 0 Å². The molecule has 4 heterocycles. The van der Waals surface area contributed by atoms with Gasteiger partial charge in [0, 0.05) is 43.6 Å². The molecule has 0 fully saturated rings. The third-order valence-electron chi connectivity index (χ3n) is 14.3. The molecule has 0 bridgehead atoms. The zero-order valence-electron chi connectivity index (χ0n) is 37.9. The van der Waals surface area contributed by atoms with Crippen LogP contribution in [0.25, 0.3) is 94.4 Å². The standard InChI is InChI=1S/C63H42N6Si/c1-5-23-43(24-6-1)67-53-36-18-17-35-51(53)52-41-42-58(70(44-25-7-2-8-26-44,45-27-9-3-10-28-45)46-29-11-4-12-30-46)59(60(52)67)61-64-62(68-54-37-19-13-31-47(54)48-32-14-20-38-55(48)68)66-63(65-61)69-56-39-21-15-33-49(56)50-34-16-22-40-57(50)69/h1-42H. The summed E-state index contributed by atoms with van der Waals surface area (Å²) in [4.78, 5) is 17.3. The molecule has 14 rings (SSSR count). The number of hydrogen-bond donors (Lipinski definition) is 0. The minimum absolute atomic E-state index is 0.538.